The van der Waals surface area contributed by atoms with Crippen molar-refractivity contribution in [2.45, 2.75) is 58.8 Å². The van der Waals surface area contributed by atoms with E-state index in [4.69, 9.17) is 4.74 Å². The fraction of sp³-hybridized carbons (Fsp3) is 0.545. The number of benzene rings is 1. The Morgan fingerprint density at radius 2 is 1.68 bits per heavy atom. The van der Waals surface area contributed by atoms with E-state index in [1.165, 1.54) is 18.7 Å². The van der Waals surface area contributed by atoms with Crippen LogP contribution in [0.3, 0.4) is 0 Å². The van der Waals surface area contributed by atoms with E-state index in [1.54, 1.807) is 11.0 Å². The van der Waals surface area contributed by atoms with Crippen LogP contribution in [-0.2, 0) is 20.8 Å². The average Bonchev–Trinajstić information content (AvgIpc) is 2.62. The Labute approximate surface area is 168 Å². The van der Waals surface area contributed by atoms with Crippen molar-refractivity contribution in [3.63, 3.8) is 0 Å². The number of methoxy groups -OCH3 is 1. The summed E-state index contributed by atoms with van der Waals surface area (Å²) in [5, 5.41) is 0. The number of esters is 1. The van der Waals surface area contributed by atoms with E-state index < -0.39 is 5.60 Å². The lowest BCUT2D eigenvalue weighted by Gasteiger charge is -2.44. The highest BCUT2D eigenvalue weighted by Crippen LogP contribution is 2.21. The lowest BCUT2D eigenvalue weighted by Crippen LogP contribution is -2.58. The lowest BCUT2D eigenvalue weighted by atomic mass is 10.1. The quantitative estimate of drug-likeness (QED) is 0.581. The lowest BCUT2D eigenvalue weighted by molar-refractivity contribution is -0.134. The molecule has 0 bridgehead atoms. The second kappa shape index (κ2) is 9.24. The third-order valence-electron chi connectivity index (χ3n) is 4.71. The summed E-state index contributed by atoms with van der Waals surface area (Å²) >= 11 is 0. The predicted molar refractivity (Wildman–Crippen MR) is 110 cm³/mol. The molecule has 6 nitrogen and oxygen atoms in total. The summed E-state index contributed by atoms with van der Waals surface area (Å²) in [6.07, 6.45) is 2.91. The molecule has 2 rings (SSSR count). The third kappa shape index (κ3) is 6.37. The SMILES string of the molecule is COC(=O)/C=C/c1ccc(CN2[C@H](C)CN(C(=O)OC(C)(C)C)C[C@@H]2C)cc1. The van der Waals surface area contributed by atoms with Crippen molar-refractivity contribution in [2.24, 2.45) is 0 Å². The molecule has 154 valence electrons. The van der Waals surface area contributed by atoms with Crippen molar-refractivity contribution in [3.05, 3.63) is 41.5 Å². The summed E-state index contributed by atoms with van der Waals surface area (Å²) < 4.78 is 10.1. The minimum atomic E-state index is -0.481. The molecule has 2 atom stereocenters. The summed E-state index contributed by atoms with van der Waals surface area (Å²) in [7, 11) is 1.36. The Bertz CT molecular complexity index is 694. The number of hydrogen-bond acceptors (Lipinski definition) is 5. The van der Waals surface area contributed by atoms with Gasteiger partial charge in [0.25, 0.3) is 0 Å². The van der Waals surface area contributed by atoms with Crippen LogP contribution in [0, 0.1) is 0 Å². The summed E-state index contributed by atoms with van der Waals surface area (Å²) in [5.74, 6) is -0.366. The van der Waals surface area contributed by atoms with Gasteiger partial charge in [-0.25, -0.2) is 9.59 Å². The molecule has 1 fully saturated rings. The number of amides is 1. The van der Waals surface area contributed by atoms with Crippen LogP contribution in [0.2, 0.25) is 0 Å². The van der Waals surface area contributed by atoms with E-state index in [-0.39, 0.29) is 24.1 Å². The van der Waals surface area contributed by atoms with Gasteiger partial charge in [0.2, 0.25) is 0 Å². The average molecular weight is 389 g/mol. The van der Waals surface area contributed by atoms with Crippen LogP contribution < -0.4 is 0 Å². The molecular formula is C22H32N2O4. The fourth-order valence-corrected chi connectivity index (χ4v) is 3.32. The maximum Gasteiger partial charge on any atom is 0.410 e. The molecule has 6 heteroatoms. The fourth-order valence-electron chi connectivity index (χ4n) is 3.32. The van der Waals surface area contributed by atoms with Crippen LogP contribution in [0.25, 0.3) is 6.08 Å². The van der Waals surface area contributed by atoms with Gasteiger partial charge in [-0.05, 0) is 51.8 Å². The molecular weight excluding hydrogens is 356 g/mol. The molecule has 1 aliphatic heterocycles. The van der Waals surface area contributed by atoms with Crippen molar-refractivity contribution in [3.8, 4) is 0 Å². The number of hydrogen-bond donors (Lipinski definition) is 0. The standard InChI is InChI=1S/C22H32N2O4/c1-16-13-23(21(26)28-22(3,4)5)14-17(2)24(16)15-19-9-7-18(8-10-19)11-12-20(25)27-6/h7-12,16-17H,13-15H2,1-6H3/b12-11+/t16-,17+. The molecule has 1 heterocycles. The number of rotatable bonds is 4. The van der Waals surface area contributed by atoms with Crippen molar-refractivity contribution >= 4 is 18.1 Å². The van der Waals surface area contributed by atoms with Crippen LogP contribution in [0.5, 0.6) is 0 Å². The van der Waals surface area contributed by atoms with Crippen LogP contribution in [0.4, 0.5) is 4.79 Å². The Morgan fingerprint density at radius 1 is 1.11 bits per heavy atom. The van der Waals surface area contributed by atoms with Gasteiger partial charge in [0.05, 0.1) is 7.11 Å². The Balaban J connectivity index is 1.97. The first-order valence-electron chi connectivity index (χ1n) is 9.67. The Hall–Kier alpha value is -2.34. The number of nitrogens with zero attached hydrogens (tertiary/aromatic N) is 2. The van der Waals surface area contributed by atoms with Crippen LogP contribution in [0.15, 0.2) is 30.3 Å². The molecule has 0 N–H and O–H groups in total. The molecule has 0 saturated carbocycles. The van der Waals surface area contributed by atoms with Gasteiger partial charge in [-0.2, -0.15) is 0 Å². The van der Waals surface area contributed by atoms with E-state index in [0.29, 0.717) is 13.1 Å². The molecule has 0 unspecified atom stereocenters. The predicted octanol–water partition coefficient (Wildman–Crippen LogP) is 3.70. The molecule has 1 aromatic carbocycles. The normalized spacial score (nSPS) is 21.0. The summed E-state index contributed by atoms with van der Waals surface area (Å²) in [6, 6.07) is 8.57. The molecule has 1 aliphatic rings. The van der Waals surface area contributed by atoms with Crippen LogP contribution in [-0.4, -0.2) is 59.7 Å². The zero-order chi connectivity index (χ0) is 20.9. The highest BCUT2D eigenvalue weighted by molar-refractivity contribution is 5.86. The second-order valence-corrected chi connectivity index (χ2v) is 8.35. The molecule has 0 aliphatic carbocycles. The zero-order valence-corrected chi connectivity index (χ0v) is 17.8. The first-order valence-corrected chi connectivity index (χ1v) is 9.67. The number of piperazine rings is 1. The maximum atomic E-state index is 12.4. The smallest absolute Gasteiger partial charge is 0.410 e. The van der Waals surface area contributed by atoms with E-state index in [1.807, 2.05) is 32.9 Å². The first-order chi connectivity index (χ1) is 13.1. The Morgan fingerprint density at radius 3 is 2.18 bits per heavy atom. The molecule has 1 aromatic rings. The van der Waals surface area contributed by atoms with Crippen molar-refractivity contribution < 1.29 is 19.1 Å². The molecule has 1 amide bonds. The summed E-state index contributed by atoms with van der Waals surface area (Å²) in [6.45, 7) is 12.1. The van der Waals surface area contributed by atoms with E-state index >= 15 is 0 Å². The van der Waals surface area contributed by atoms with Gasteiger partial charge in [-0.15, -0.1) is 0 Å². The summed E-state index contributed by atoms with van der Waals surface area (Å²) in [4.78, 5) is 27.8. The minimum Gasteiger partial charge on any atom is -0.466 e. The van der Waals surface area contributed by atoms with Gasteiger partial charge in [0, 0.05) is 37.8 Å². The minimum absolute atomic E-state index is 0.232. The molecule has 28 heavy (non-hydrogen) atoms. The summed E-state index contributed by atoms with van der Waals surface area (Å²) in [5.41, 5.74) is 1.66. The monoisotopic (exact) mass is 388 g/mol. The first kappa shape index (κ1) is 22.0. The van der Waals surface area contributed by atoms with Gasteiger partial charge in [0.1, 0.15) is 5.60 Å². The Kier molecular flexibility index (Phi) is 7.24. The highest BCUT2D eigenvalue weighted by Gasteiger charge is 2.33. The van der Waals surface area contributed by atoms with Crippen molar-refractivity contribution in [1.29, 1.82) is 0 Å². The number of ether oxygens (including phenoxy) is 2. The van der Waals surface area contributed by atoms with E-state index in [0.717, 1.165) is 12.1 Å². The van der Waals surface area contributed by atoms with Gasteiger partial charge in [-0.3, -0.25) is 4.90 Å². The van der Waals surface area contributed by atoms with Crippen molar-refractivity contribution in [2.75, 3.05) is 20.2 Å². The van der Waals surface area contributed by atoms with Crippen LogP contribution in [0.1, 0.15) is 45.7 Å². The number of carbonyl (C=O) groups is 2. The molecule has 1 saturated heterocycles. The molecule has 0 spiro atoms. The zero-order valence-electron chi connectivity index (χ0n) is 17.8. The topological polar surface area (TPSA) is 59.1 Å². The number of carbonyl (C=O) groups excluding carboxylic acids is 2. The van der Waals surface area contributed by atoms with Crippen molar-refractivity contribution in [1.82, 2.24) is 9.80 Å². The molecule has 0 aromatic heterocycles. The van der Waals surface area contributed by atoms with Gasteiger partial charge < -0.3 is 14.4 Å². The van der Waals surface area contributed by atoms with Gasteiger partial charge >= 0.3 is 12.1 Å². The van der Waals surface area contributed by atoms with E-state index in [9.17, 15) is 9.59 Å². The maximum absolute atomic E-state index is 12.4. The van der Waals surface area contributed by atoms with Gasteiger partial charge in [-0.1, -0.05) is 24.3 Å². The van der Waals surface area contributed by atoms with E-state index in [2.05, 4.69) is 35.6 Å². The highest BCUT2D eigenvalue weighted by atomic mass is 16.6. The largest absolute Gasteiger partial charge is 0.466 e. The third-order valence-corrected chi connectivity index (χ3v) is 4.71. The second-order valence-electron chi connectivity index (χ2n) is 8.35. The van der Waals surface area contributed by atoms with Crippen LogP contribution >= 0.6 is 0 Å². The van der Waals surface area contributed by atoms with Gasteiger partial charge in [0.15, 0.2) is 0 Å². The molecule has 0 radical (unpaired) electrons.